The van der Waals surface area contributed by atoms with E-state index in [-0.39, 0.29) is 18.9 Å². The van der Waals surface area contributed by atoms with Crippen LogP contribution in [0.25, 0.3) is 0 Å². The molecule has 33 heavy (non-hydrogen) atoms. The second-order valence-electron chi connectivity index (χ2n) is 8.40. The van der Waals surface area contributed by atoms with E-state index in [1.54, 1.807) is 24.3 Å². The van der Waals surface area contributed by atoms with Crippen LogP contribution < -0.4 is 16.1 Å². The van der Waals surface area contributed by atoms with Crippen molar-refractivity contribution in [2.75, 3.05) is 13.2 Å². The molecule has 0 atom stereocenters. The molecule has 5 amide bonds. The van der Waals surface area contributed by atoms with Gasteiger partial charge >= 0.3 is 12.0 Å². The molecule has 1 saturated heterocycles. The van der Waals surface area contributed by atoms with Crippen molar-refractivity contribution in [1.82, 2.24) is 21.1 Å². The third kappa shape index (κ3) is 6.22. The van der Waals surface area contributed by atoms with Gasteiger partial charge < -0.3 is 15.4 Å². The summed E-state index contributed by atoms with van der Waals surface area (Å²) in [7, 11) is 0. The topological polar surface area (TPSA) is 134 Å². The molecule has 10 nitrogen and oxygen atoms in total. The summed E-state index contributed by atoms with van der Waals surface area (Å²) in [5.41, 5.74) is 1.69. The summed E-state index contributed by atoms with van der Waals surface area (Å²) >= 11 is 5.78. The highest BCUT2D eigenvalue weighted by Gasteiger charge is 2.52. The van der Waals surface area contributed by atoms with Crippen LogP contribution in [0.2, 0.25) is 5.02 Å². The number of hydrazine groups is 1. The normalized spacial score (nSPS) is 22.1. The van der Waals surface area contributed by atoms with E-state index in [1.165, 1.54) is 0 Å². The first kappa shape index (κ1) is 24.5. The lowest BCUT2D eigenvalue weighted by atomic mass is 9.77. The molecule has 3 N–H and O–H groups in total. The van der Waals surface area contributed by atoms with E-state index in [2.05, 4.69) is 23.0 Å². The molecular formula is C22H27ClN4O6. The molecule has 178 valence electrons. The quantitative estimate of drug-likeness (QED) is 0.297. The minimum absolute atomic E-state index is 0.0153. The molecule has 1 aromatic rings. The number of nitrogens with zero attached hydrogens (tertiary/aromatic N) is 1. The Morgan fingerprint density at radius 3 is 2.52 bits per heavy atom. The van der Waals surface area contributed by atoms with E-state index in [0.717, 1.165) is 12.8 Å². The molecule has 1 aliphatic carbocycles. The molecule has 0 radical (unpaired) electrons. The minimum Gasteiger partial charge on any atom is -0.455 e. The van der Waals surface area contributed by atoms with Crippen LogP contribution in [0.15, 0.2) is 24.3 Å². The first-order valence-electron chi connectivity index (χ1n) is 10.9. The van der Waals surface area contributed by atoms with Crippen molar-refractivity contribution in [3.8, 4) is 0 Å². The number of esters is 1. The van der Waals surface area contributed by atoms with Crippen molar-refractivity contribution >= 4 is 41.3 Å². The Morgan fingerprint density at radius 1 is 1.18 bits per heavy atom. The smallest absolute Gasteiger partial charge is 0.344 e. The molecule has 1 aliphatic heterocycles. The largest absolute Gasteiger partial charge is 0.455 e. The number of nitrogens with one attached hydrogen (secondary N) is 3. The average molecular weight is 479 g/mol. The predicted octanol–water partition coefficient (Wildman–Crippen LogP) is 1.93. The van der Waals surface area contributed by atoms with Crippen LogP contribution in [0.4, 0.5) is 4.79 Å². The summed E-state index contributed by atoms with van der Waals surface area (Å²) in [6, 6.07) is 5.70. The van der Waals surface area contributed by atoms with Crippen molar-refractivity contribution in [2.24, 2.45) is 5.92 Å². The van der Waals surface area contributed by atoms with Crippen molar-refractivity contribution in [3.63, 3.8) is 0 Å². The Morgan fingerprint density at radius 2 is 1.85 bits per heavy atom. The summed E-state index contributed by atoms with van der Waals surface area (Å²) in [5, 5.41) is 6.55. The lowest BCUT2D eigenvalue weighted by molar-refractivity contribution is -0.150. The maximum Gasteiger partial charge on any atom is 0.344 e. The molecule has 2 aliphatic rings. The molecule has 0 bridgehead atoms. The number of hydrogen-bond donors (Lipinski definition) is 3. The molecule has 1 heterocycles. The molecule has 1 saturated carbocycles. The summed E-state index contributed by atoms with van der Waals surface area (Å²) in [4.78, 5) is 60.8. The zero-order valence-electron chi connectivity index (χ0n) is 18.3. The van der Waals surface area contributed by atoms with Gasteiger partial charge in [0.1, 0.15) is 5.54 Å². The Hall–Kier alpha value is -3.14. The van der Waals surface area contributed by atoms with E-state index in [1.807, 2.05) is 0 Å². The Labute approximate surface area is 196 Å². The van der Waals surface area contributed by atoms with Gasteiger partial charge in [-0.2, -0.15) is 5.01 Å². The summed E-state index contributed by atoms with van der Waals surface area (Å²) in [6.07, 6.45) is 2.97. The molecule has 11 heteroatoms. The van der Waals surface area contributed by atoms with E-state index < -0.39 is 36.0 Å². The van der Waals surface area contributed by atoms with E-state index in [9.17, 15) is 24.0 Å². The molecule has 2 fully saturated rings. The second-order valence-corrected chi connectivity index (χ2v) is 8.83. The molecule has 3 rings (SSSR count). The lowest BCUT2D eigenvalue weighted by Crippen LogP contribution is -2.52. The number of rotatable bonds is 8. The van der Waals surface area contributed by atoms with Crippen molar-refractivity contribution in [3.05, 3.63) is 34.9 Å². The van der Waals surface area contributed by atoms with E-state index >= 15 is 0 Å². The Kier molecular flexibility index (Phi) is 7.91. The van der Waals surface area contributed by atoms with Crippen LogP contribution in [-0.2, 0) is 19.1 Å². The van der Waals surface area contributed by atoms with Gasteiger partial charge in [0.25, 0.3) is 17.7 Å². The maximum absolute atomic E-state index is 12.7. The van der Waals surface area contributed by atoms with Gasteiger partial charge in [-0.15, -0.1) is 0 Å². The minimum atomic E-state index is -0.968. The standard InChI is InChI=1S/C22H27ClN4O6/c1-14-8-10-22(11-9-14)20(31)27(21(32)25-22)26-17(28)13-33-18(29)3-2-12-24-19(30)15-4-6-16(23)7-5-15/h4-7,14H,2-3,8-13H2,1H3,(H,24,30)(H,25,32)(H,26,28). The van der Waals surface area contributed by atoms with Crippen molar-refractivity contribution in [2.45, 2.75) is 51.0 Å². The summed E-state index contributed by atoms with van der Waals surface area (Å²) in [6.45, 7) is 1.71. The van der Waals surface area contributed by atoms with Gasteiger partial charge in [-0.25, -0.2) is 4.79 Å². The first-order valence-corrected chi connectivity index (χ1v) is 11.2. The number of carbonyl (C=O) groups excluding carboxylic acids is 5. The van der Waals surface area contributed by atoms with Crippen LogP contribution >= 0.6 is 11.6 Å². The highest BCUT2D eigenvalue weighted by atomic mass is 35.5. The first-order chi connectivity index (χ1) is 15.7. The Bertz CT molecular complexity index is 927. The van der Waals surface area contributed by atoms with Crippen LogP contribution in [0.1, 0.15) is 55.8 Å². The molecule has 0 aromatic heterocycles. The molecular weight excluding hydrogens is 452 g/mol. The van der Waals surface area contributed by atoms with Gasteiger partial charge in [-0.05, 0) is 62.3 Å². The number of imide groups is 1. The molecule has 1 spiro atoms. The number of ether oxygens (including phenoxy) is 1. The van der Waals surface area contributed by atoms with Gasteiger partial charge in [-0.3, -0.25) is 24.6 Å². The third-order valence-corrected chi connectivity index (χ3v) is 6.09. The van der Waals surface area contributed by atoms with Crippen molar-refractivity contribution in [1.29, 1.82) is 0 Å². The van der Waals surface area contributed by atoms with Crippen LogP contribution in [0.5, 0.6) is 0 Å². The fourth-order valence-corrected chi connectivity index (χ4v) is 3.95. The van der Waals surface area contributed by atoms with Crippen molar-refractivity contribution < 1.29 is 28.7 Å². The fraction of sp³-hybridized carbons (Fsp3) is 0.500. The predicted molar refractivity (Wildman–Crippen MR) is 118 cm³/mol. The summed E-state index contributed by atoms with van der Waals surface area (Å²) < 4.78 is 4.89. The fourth-order valence-electron chi connectivity index (χ4n) is 3.83. The number of carbonyl (C=O) groups is 5. The number of halogens is 1. The van der Waals surface area contributed by atoms with Gasteiger partial charge in [0.15, 0.2) is 6.61 Å². The summed E-state index contributed by atoms with van der Waals surface area (Å²) in [5.74, 6) is -1.73. The van der Waals surface area contributed by atoms with Crippen LogP contribution in [-0.4, -0.2) is 53.4 Å². The lowest BCUT2D eigenvalue weighted by Gasteiger charge is -2.33. The maximum atomic E-state index is 12.7. The van der Waals surface area contributed by atoms with Gasteiger partial charge in [0.05, 0.1) is 0 Å². The molecule has 1 aromatic carbocycles. The van der Waals surface area contributed by atoms with E-state index in [0.29, 0.717) is 40.8 Å². The zero-order valence-corrected chi connectivity index (χ0v) is 19.1. The number of amides is 5. The third-order valence-electron chi connectivity index (χ3n) is 5.84. The monoisotopic (exact) mass is 478 g/mol. The van der Waals surface area contributed by atoms with Gasteiger partial charge in [0, 0.05) is 23.6 Å². The number of benzene rings is 1. The SMILES string of the molecule is CC1CCC2(CC1)NC(=O)N(NC(=O)COC(=O)CCCNC(=O)c1ccc(Cl)cc1)C2=O. The van der Waals surface area contributed by atoms with Crippen LogP contribution in [0, 0.1) is 5.92 Å². The highest BCUT2D eigenvalue weighted by Crippen LogP contribution is 2.35. The second kappa shape index (κ2) is 10.7. The average Bonchev–Trinajstić information content (AvgIpc) is 3.01. The highest BCUT2D eigenvalue weighted by molar-refractivity contribution is 6.30. The number of urea groups is 1. The zero-order chi connectivity index (χ0) is 24.0. The van der Waals surface area contributed by atoms with Crippen LogP contribution in [0.3, 0.4) is 0 Å². The Balaban J connectivity index is 1.34. The molecule has 0 unspecified atom stereocenters. The number of hydrogen-bond acceptors (Lipinski definition) is 6. The van der Waals surface area contributed by atoms with E-state index in [4.69, 9.17) is 16.3 Å². The van der Waals surface area contributed by atoms with Gasteiger partial charge in [0.2, 0.25) is 0 Å². The van der Waals surface area contributed by atoms with Gasteiger partial charge in [-0.1, -0.05) is 18.5 Å².